The van der Waals surface area contributed by atoms with Crippen LogP contribution in [0.3, 0.4) is 0 Å². The van der Waals surface area contributed by atoms with E-state index in [0.29, 0.717) is 18.7 Å². The molecule has 0 aliphatic carbocycles. The number of hydrogen-bond donors (Lipinski definition) is 3. The number of phenolic OH excluding ortho intramolecular Hbond substituents is 1. The molecule has 0 radical (unpaired) electrons. The number of amides is 1. The van der Waals surface area contributed by atoms with Crippen LogP contribution in [0, 0.1) is 5.92 Å². The van der Waals surface area contributed by atoms with E-state index in [2.05, 4.69) is 5.32 Å². The van der Waals surface area contributed by atoms with Crippen molar-refractivity contribution in [1.29, 1.82) is 0 Å². The first-order valence-corrected chi connectivity index (χ1v) is 5.44. The Bertz CT molecular complexity index is 349. The Balaban J connectivity index is 2.51. The summed E-state index contributed by atoms with van der Waals surface area (Å²) in [5.74, 6) is 0.295. The van der Waals surface area contributed by atoms with Crippen LogP contribution in [-0.4, -0.2) is 17.6 Å². The third-order valence-corrected chi connectivity index (χ3v) is 2.51. The van der Waals surface area contributed by atoms with Crippen molar-refractivity contribution in [3.63, 3.8) is 0 Å². The molecule has 1 unspecified atom stereocenters. The summed E-state index contributed by atoms with van der Waals surface area (Å²) in [6.07, 6.45) is 1.31. The highest BCUT2D eigenvalue weighted by molar-refractivity contribution is 5.91. The number of carbonyl (C=O) groups excluding carboxylic acids is 1. The third kappa shape index (κ3) is 3.90. The summed E-state index contributed by atoms with van der Waals surface area (Å²) < 4.78 is 0. The zero-order valence-corrected chi connectivity index (χ0v) is 9.44. The minimum atomic E-state index is -0.0668. The van der Waals surface area contributed by atoms with Crippen molar-refractivity contribution in [2.45, 2.75) is 19.8 Å². The molecule has 1 amide bonds. The molecule has 0 spiro atoms. The number of carbonyl (C=O) groups is 1. The van der Waals surface area contributed by atoms with Gasteiger partial charge in [-0.3, -0.25) is 4.79 Å². The van der Waals surface area contributed by atoms with Gasteiger partial charge in [0.05, 0.1) is 0 Å². The standard InChI is InChI=1S/C12H18N2O2/c1-2-9(8-13)6-12(16)14-10-4-3-5-11(15)7-10/h3-5,7,9,15H,2,6,8,13H2,1H3,(H,14,16). The molecular formula is C12H18N2O2. The number of rotatable bonds is 5. The van der Waals surface area contributed by atoms with E-state index >= 15 is 0 Å². The van der Waals surface area contributed by atoms with Gasteiger partial charge in [0.1, 0.15) is 5.75 Å². The number of benzene rings is 1. The van der Waals surface area contributed by atoms with Gasteiger partial charge in [0.2, 0.25) is 5.91 Å². The molecule has 0 heterocycles. The molecule has 0 aliphatic heterocycles. The average Bonchev–Trinajstić information content (AvgIpc) is 2.26. The number of anilines is 1. The number of hydrogen-bond acceptors (Lipinski definition) is 3. The maximum Gasteiger partial charge on any atom is 0.224 e. The molecule has 0 fully saturated rings. The van der Waals surface area contributed by atoms with Crippen LogP contribution < -0.4 is 11.1 Å². The maximum absolute atomic E-state index is 11.6. The lowest BCUT2D eigenvalue weighted by Gasteiger charge is -2.11. The predicted octanol–water partition coefficient (Wildman–Crippen LogP) is 1.71. The molecule has 4 heteroatoms. The lowest BCUT2D eigenvalue weighted by atomic mass is 10.0. The highest BCUT2D eigenvalue weighted by Gasteiger charge is 2.10. The minimum Gasteiger partial charge on any atom is -0.508 e. The fourth-order valence-corrected chi connectivity index (χ4v) is 1.45. The van der Waals surface area contributed by atoms with Gasteiger partial charge in [-0.15, -0.1) is 0 Å². The smallest absolute Gasteiger partial charge is 0.224 e. The Morgan fingerprint density at radius 2 is 2.31 bits per heavy atom. The van der Waals surface area contributed by atoms with Gasteiger partial charge < -0.3 is 16.2 Å². The normalized spacial score (nSPS) is 12.1. The fraction of sp³-hybridized carbons (Fsp3) is 0.417. The van der Waals surface area contributed by atoms with Gasteiger partial charge in [-0.25, -0.2) is 0 Å². The van der Waals surface area contributed by atoms with E-state index in [-0.39, 0.29) is 17.6 Å². The molecule has 88 valence electrons. The summed E-state index contributed by atoms with van der Waals surface area (Å²) in [4.78, 5) is 11.6. The molecule has 16 heavy (non-hydrogen) atoms. The topological polar surface area (TPSA) is 75.4 Å². The first-order chi connectivity index (χ1) is 7.65. The van der Waals surface area contributed by atoms with Gasteiger partial charge in [-0.05, 0) is 24.6 Å². The SMILES string of the molecule is CCC(CN)CC(=O)Nc1cccc(O)c1. The fourth-order valence-electron chi connectivity index (χ4n) is 1.45. The van der Waals surface area contributed by atoms with Crippen molar-refractivity contribution in [1.82, 2.24) is 0 Å². The molecule has 0 aromatic heterocycles. The first-order valence-electron chi connectivity index (χ1n) is 5.44. The van der Waals surface area contributed by atoms with Crippen molar-refractivity contribution in [3.05, 3.63) is 24.3 Å². The van der Waals surface area contributed by atoms with E-state index in [4.69, 9.17) is 5.73 Å². The van der Waals surface area contributed by atoms with Crippen LogP contribution >= 0.6 is 0 Å². The Morgan fingerprint density at radius 1 is 1.56 bits per heavy atom. The lowest BCUT2D eigenvalue weighted by Crippen LogP contribution is -2.21. The third-order valence-electron chi connectivity index (χ3n) is 2.51. The quantitative estimate of drug-likeness (QED) is 0.709. The molecule has 1 aromatic carbocycles. The van der Waals surface area contributed by atoms with Crippen molar-refractivity contribution in [2.75, 3.05) is 11.9 Å². The van der Waals surface area contributed by atoms with Crippen LogP contribution in [0.15, 0.2) is 24.3 Å². The molecule has 0 bridgehead atoms. The van der Waals surface area contributed by atoms with Gasteiger partial charge in [0.25, 0.3) is 0 Å². The van der Waals surface area contributed by atoms with E-state index in [1.165, 1.54) is 6.07 Å². The minimum absolute atomic E-state index is 0.0668. The van der Waals surface area contributed by atoms with Crippen molar-refractivity contribution in [3.8, 4) is 5.75 Å². The Morgan fingerprint density at radius 3 is 2.88 bits per heavy atom. The monoisotopic (exact) mass is 222 g/mol. The summed E-state index contributed by atoms with van der Waals surface area (Å²) in [6, 6.07) is 6.50. The molecule has 1 aromatic rings. The van der Waals surface area contributed by atoms with E-state index in [1.807, 2.05) is 6.92 Å². The van der Waals surface area contributed by atoms with Crippen LogP contribution in [0.5, 0.6) is 5.75 Å². The summed E-state index contributed by atoms with van der Waals surface area (Å²) in [5, 5.41) is 12.0. The van der Waals surface area contributed by atoms with Crippen LogP contribution in [0.25, 0.3) is 0 Å². The van der Waals surface area contributed by atoms with E-state index in [1.54, 1.807) is 18.2 Å². The van der Waals surface area contributed by atoms with Crippen molar-refractivity contribution in [2.24, 2.45) is 11.7 Å². The molecule has 0 saturated carbocycles. The largest absolute Gasteiger partial charge is 0.508 e. The van der Waals surface area contributed by atoms with Crippen LogP contribution in [0.2, 0.25) is 0 Å². The summed E-state index contributed by atoms with van der Waals surface area (Å²) in [6.45, 7) is 2.53. The summed E-state index contributed by atoms with van der Waals surface area (Å²) in [5.41, 5.74) is 6.14. The lowest BCUT2D eigenvalue weighted by molar-refractivity contribution is -0.117. The highest BCUT2D eigenvalue weighted by atomic mass is 16.3. The Kier molecular flexibility index (Phi) is 4.79. The number of nitrogens with one attached hydrogen (secondary N) is 1. The Labute approximate surface area is 95.5 Å². The van der Waals surface area contributed by atoms with E-state index < -0.39 is 0 Å². The maximum atomic E-state index is 11.6. The van der Waals surface area contributed by atoms with Crippen molar-refractivity contribution < 1.29 is 9.90 Å². The molecule has 0 saturated heterocycles. The van der Waals surface area contributed by atoms with E-state index in [0.717, 1.165) is 6.42 Å². The second-order valence-electron chi connectivity index (χ2n) is 3.81. The van der Waals surface area contributed by atoms with Crippen LogP contribution in [0.4, 0.5) is 5.69 Å². The van der Waals surface area contributed by atoms with Crippen LogP contribution in [-0.2, 0) is 4.79 Å². The molecular weight excluding hydrogens is 204 g/mol. The zero-order valence-electron chi connectivity index (χ0n) is 9.44. The number of phenols is 1. The molecule has 4 N–H and O–H groups in total. The van der Waals surface area contributed by atoms with Crippen LogP contribution in [0.1, 0.15) is 19.8 Å². The van der Waals surface area contributed by atoms with E-state index in [9.17, 15) is 9.90 Å². The van der Waals surface area contributed by atoms with Gasteiger partial charge in [-0.1, -0.05) is 19.4 Å². The summed E-state index contributed by atoms with van der Waals surface area (Å²) in [7, 11) is 0. The highest BCUT2D eigenvalue weighted by Crippen LogP contribution is 2.16. The molecule has 1 rings (SSSR count). The zero-order chi connectivity index (χ0) is 12.0. The van der Waals surface area contributed by atoms with Gasteiger partial charge in [0.15, 0.2) is 0 Å². The number of nitrogens with two attached hydrogens (primary N) is 1. The summed E-state index contributed by atoms with van der Waals surface area (Å²) >= 11 is 0. The van der Waals surface area contributed by atoms with Gasteiger partial charge in [-0.2, -0.15) is 0 Å². The molecule has 0 aliphatic rings. The van der Waals surface area contributed by atoms with Gasteiger partial charge >= 0.3 is 0 Å². The predicted molar refractivity (Wildman–Crippen MR) is 64.2 cm³/mol. The average molecular weight is 222 g/mol. The second-order valence-corrected chi connectivity index (χ2v) is 3.81. The molecule has 1 atom stereocenters. The van der Waals surface area contributed by atoms with Gasteiger partial charge in [0, 0.05) is 18.2 Å². The molecule has 4 nitrogen and oxygen atoms in total. The van der Waals surface area contributed by atoms with Crippen molar-refractivity contribution >= 4 is 11.6 Å². The second kappa shape index (κ2) is 6.12. The first kappa shape index (κ1) is 12.5. The Hall–Kier alpha value is -1.55. The number of aromatic hydroxyl groups is 1.